The van der Waals surface area contributed by atoms with Crippen LogP contribution in [0.4, 0.5) is 10.5 Å². The van der Waals surface area contributed by atoms with E-state index in [2.05, 4.69) is 4.98 Å². The van der Waals surface area contributed by atoms with Crippen molar-refractivity contribution >= 4 is 17.4 Å². The van der Waals surface area contributed by atoms with Crippen LogP contribution in [-0.2, 0) is 4.74 Å². The molecule has 1 aliphatic rings. The molecule has 0 unspecified atom stereocenters. The fourth-order valence-electron chi connectivity index (χ4n) is 2.25. The molecule has 0 atom stereocenters. The van der Waals surface area contributed by atoms with Crippen LogP contribution in [0.5, 0.6) is 0 Å². The zero-order valence-electron chi connectivity index (χ0n) is 13.1. The predicted octanol–water partition coefficient (Wildman–Crippen LogP) is 2.56. The number of nitrogens with two attached hydrogens (primary N) is 1. The fourth-order valence-corrected chi connectivity index (χ4v) is 2.25. The van der Waals surface area contributed by atoms with Gasteiger partial charge in [-0.3, -0.25) is 0 Å². The molecule has 6 nitrogen and oxygen atoms in total. The molecule has 0 bridgehead atoms. The quantitative estimate of drug-likeness (QED) is 0.860. The smallest absolute Gasteiger partial charge is 0.410 e. The molecule has 1 aromatic rings. The highest BCUT2D eigenvalue weighted by molar-refractivity contribution is 5.79. The maximum atomic E-state index is 12.0. The first-order valence-electron chi connectivity index (χ1n) is 7.14. The Bertz CT molecular complexity index is 653. The third kappa shape index (κ3) is 3.55. The van der Waals surface area contributed by atoms with Crippen LogP contribution >= 0.6 is 0 Å². The largest absolute Gasteiger partial charge is 0.444 e. The SMILES string of the molecule is CC(C)(C)OC(=O)N1CC=C(c2ccnc(C#N)c2N)CC1. The van der Waals surface area contributed by atoms with Crippen LogP contribution < -0.4 is 5.73 Å². The summed E-state index contributed by atoms with van der Waals surface area (Å²) in [4.78, 5) is 17.6. The van der Waals surface area contributed by atoms with Gasteiger partial charge in [-0.05, 0) is 38.8 Å². The van der Waals surface area contributed by atoms with Gasteiger partial charge in [0.25, 0.3) is 0 Å². The highest BCUT2D eigenvalue weighted by Crippen LogP contribution is 2.28. The van der Waals surface area contributed by atoms with Crippen LogP contribution in [0.15, 0.2) is 18.3 Å². The van der Waals surface area contributed by atoms with Crippen LogP contribution in [0.3, 0.4) is 0 Å². The van der Waals surface area contributed by atoms with Gasteiger partial charge in [0, 0.05) is 24.8 Å². The molecule has 22 heavy (non-hydrogen) atoms. The van der Waals surface area contributed by atoms with E-state index in [1.54, 1.807) is 17.2 Å². The van der Waals surface area contributed by atoms with E-state index < -0.39 is 5.60 Å². The van der Waals surface area contributed by atoms with Gasteiger partial charge in [-0.1, -0.05) is 6.08 Å². The Kier molecular flexibility index (Phi) is 4.36. The lowest BCUT2D eigenvalue weighted by atomic mass is 9.98. The standard InChI is InChI=1S/C16H20N4O2/c1-16(2,3)22-15(21)20-8-5-11(6-9-20)12-4-7-19-13(10-17)14(12)18/h4-5,7H,6,8-9,18H2,1-3H3. The minimum absolute atomic E-state index is 0.230. The van der Waals surface area contributed by atoms with Crippen LogP contribution in [0.25, 0.3) is 5.57 Å². The van der Waals surface area contributed by atoms with Crippen LogP contribution in [0, 0.1) is 11.3 Å². The summed E-state index contributed by atoms with van der Waals surface area (Å²) in [6.07, 6.45) is 3.87. The first-order valence-corrected chi connectivity index (χ1v) is 7.14. The molecule has 6 heteroatoms. The third-order valence-corrected chi connectivity index (χ3v) is 3.30. The minimum Gasteiger partial charge on any atom is -0.444 e. The zero-order valence-corrected chi connectivity index (χ0v) is 13.1. The van der Waals surface area contributed by atoms with Gasteiger partial charge in [-0.15, -0.1) is 0 Å². The first-order chi connectivity index (χ1) is 10.3. The number of amides is 1. The molecule has 116 valence electrons. The maximum Gasteiger partial charge on any atom is 0.410 e. The van der Waals surface area contributed by atoms with Crippen molar-refractivity contribution in [1.29, 1.82) is 5.26 Å². The molecule has 0 saturated carbocycles. The van der Waals surface area contributed by atoms with Gasteiger partial charge in [-0.25, -0.2) is 9.78 Å². The van der Waals surface area contributed by atoms with Crippen molar-refractivity contribution in [2.75, 3.05) is 18.8 Å². The molecule has 2 heterocycles. The molecule has 0 saturated heterocycles. The van der Waals surface area contributed by atoms with Crippen molar-refractivity contribution in [3.8, 4) is 6.07 Å². The second kappa shape index (κ2) is 6.06. The topological polar surface area (TPSA) is 92.2 Å². The number of ether oxygens (including phenoxy) is 1. The summed E-state index contributed by atoms with van der Waals surface area (Å²) in [7, 11) is 0. The van der Waals surface area contributed by atoms with E-state index in [0.717, 1.165) is 11.1 Å². The third-order valence-electron chi connectivity index (χ3n) is 3.30. The molecule has 0 aromatic carbocycles. The van der Waals surface area contributed by atoms with Gasteiger partial charge in [0.2, 0.25) is 0 Å². The van der Waals surface area contributed by atoms with Crippen LogP contribution in [0.1, 0.15) is 38.4 Å². The number of pyridine rings is 1. The Labute approximate surface area is 130 Å². The molecule has 2 N–H and O–H groups in total. The highest BCUT2D eigenvalue weighted by atomic mass is 16.6. The summed E-state index contributed by atoms with van der Waals surface area (Å²) in [6, 6.07) is 3.78. The summed E-state index contributed by atoms with van der Waals surface area (Å²) in [6.45, 7) is 6.56. The number of carbonyl (C=O) groups excluding carboxylic acids is 1. The Hall–Kier alpha value is -2.55. The zero-order chi connectivity index (χ0) is 16.3. The molecule has 0 aliphatic carbocycles. The van der Waals surface area contributed by atoms with Crippen molar-refractivity contribution < 1.29 is 9.53 Å². The monoisotopic (exact) mass is 300 g/mol. The van der Waals surface area contributed by atoms with Gasteiger partial charge in [-0.2, -0.15) is 5.26 Å². The Morgan fingerprint density at radius 2 is 2.23 bits per heavy atom. The Morgan fingerprint density at radius 1 is 1.50 bits per heavy atom. The van der Waals surface area contributed by atoms with Gasteiger partial charge < -0.3 is 15.4 Å². The lowest BCUT2D eigenvalue weighted by molar-refractivity contribution is 0.0270. The summed E-state index contributed by atoms with van der Waals surface area (Å²) in [5.41, 5.74) is 7.93. The number of aromatic nitrogens is 1. The average Bonchev–Trinajstić information content (AvgIpc) is 2.46. The minimum atomic E-state index is -0.502. The lowest BCUT2D eigenvalue weighted by Crippen LogP contribution is -2.39. The number of carbonyl (C=O) groups is 1. The summed E-state index contributed by atoms with van der Waals surface area (Å²) in [5, 5.41) is 8.98. The molecule has 1 aromatic heterocycles. The van der Waals surface area contributed by atoms with Crippen molar-refractivity contribution in [3.63, 3.8) is 0 Å². The molecule has 0 radical (unpaired) electrons. The second-order valence-corrected chi connectivity index (χ2v) is 6.14. The number of nitriles is 1. The van der Waals surface area contributed by atoms with Gasteiger partial charge in [0.05, 0.1) is 5.69 Å². The van der Waals surface area contributed by atoms with E-state index in [4.69, 9.17) is 15.7 Å². The number of rotatable bonds is 1. The Balaban J connectivity index is 2.13. The second-order valence-electron chi connectivity index (χ2n) is 6.14. The Morgan fingerprint density at radius 3 is 2.77 bits per heavy atom. The van der Waals surface area contributed by atoms with E-state index in [1.165, 1.54) is 0 Å². The number of hydrogen-bond acceptors (Lipinski definition) is 5. The van der Waals surface area contributed by atoms with E-state index in [1.807, 2.05) is 32.9 Å². The van der Waals surface area contributed by atoms with Crippen molar-refractivity contribution in [1.82, 2.24) is 9.88 Å². The molecule has 1 aliphatic heterocycles. The highest BCUT2D eigenvalue weighted by Gasteiger charge is 2.24. The number of hydrogen-bond donors (Lipinski definition) is 1. The molecule has 1 amide bonds. The summed E-state index contributed by atoms with van der Waals surface area (Å²) in [5.74, 6) is 0. The van der Waals surface area contributed by atoms with E-state index in [9.17, 15) is 4.79 Å². The summed E-state index contributed by atoms with van der Waals surface area (Å²) >= 11 is 0. The van der Waals surface area contributed by atoms with Crippen molar-refractivity contribution in [3.05, 3.63) is 29.6 Å². The van der Waals surface area contributed by atoms with Crippen molar-refractivity contribution in [2.24, 2.45) is 0 Å². The van der Waals surface area contributed by atoms with Gasteiger partial charge >= 0.3 is 6.09 Å². The van der Waals surface area contributed by atoms with Gasteiger partial charge in [0.1, 0.15) is 11.7 Å². The van der Waals surface area contributed by atoms with Crippen LogP contribution in [-0.4, -0.2) is 34.7 Å². The number of anilines is 1. The molecular formula is C16H20N4O2. The lowest BCUT2D eigenvalue weighted by Gasteiger charge is -2.29. The maximum absolute atomic E-state index is 12.0. The molecule has 2 rings (SSSR count). The van der Waals surface area contributed by atoms with E-state index >= 15 is 0 Å². The summed E-state index contributed by atoms with van der Waals surface area (Å²) < 4.78 is 5.36. The average molecular weight is 300 g/mol. The molecular weight excluding hydrogens is 280 g/mol. The van der Waals surface area contributed by atoms with Crippen molar-refractivity contribution in [2.45, 2.75) is 32.8 Å². The molecule has 0 spiro atoms. The van der Waals surface area contributed by atoms with E-state index in [-0.39, 0.29) is 11.8 Å². The number of nitrogens with zero attached hydrogens (tertiary/aromatic N) is 3. The number of nitrogen functional groups attached to an aromatic ring is 1. The van der Waals surface area contributed by atoms with E-state index in [0.29, 0.717) is 25.2 Å². The fraction of sp³-hybridized carbons (Fsp3) is 0.438. The first kappa shape index (κ1) is 15.8. The predicted molar refractivity (Wildman–Crippen MR) is 83.8 cm³/mol. The molecule has 0 fully saturated rings. The normalized spacial score (nSPS) is 15.0. The van der Waals surface area contributed by atoms with Gasteiger partial charge in [0.15, 0.2) is 5.69 Å². The van der Waals surface area contributed by atoms with Crippen LogP contribution in [0.2, 0.25) is 0 Å².